The van der Waals surface area contributed by atoms with Gasteiger partial charge in [0.2, 0.25) is 6.79 Å². The first-order chi connectivity index (χ1) is 16.2. The Kier molecular flexibility index (Phi) is 5.63. The normalized spacial score (nSPS) is 15.3. The van der Waals surface area contributed by atoms with E-state index in [0.717, 1.165) is 48.1 Å². The number of carbonyl (C=O) groups is 1. The fourth-order valence-electron chi connectivity index (χ4n) is 4.26. The van der Waals surface area contributed by atoms with Crippen molar-refractivity contribution in [1.29, 1.82) is 5.26 Å². The number of rotatable bonds is 5. The summed E-state index contributed by atoms with van der Waals surface area (Å²) in [6, 6.07) is 17.3. The van der Waals surface area contributed by atoms with E-state index in [0.29, 0.717) is 24.3 Å². The Morgan fingerprint density at radius 2 is 1.79 bits per heavy atom. The molecule has 3 heterocycles. The Balaban J connectivity index is 1.28. The minimum atomic E-state index is -0.130. The van der Waals surface area contributed by atoms with Crippen molar-refractivity contribution < 1.29 is 19.0 Å². The van der Waals surface area contributed by atoms with E-state index in [9.17, 15) is 10.1 Å². The van der Waals surface area contributed by atoms with E-state index < -0.39 is 0 Å². The average Bonchev–Trinajstić information content (AvgIpc) is 3.51. The molecule has 168 valence electrons. The minimum Gasteiger partial charge on any atom is -0.497 e. The van der Waals surface area contributed by atoms with Crippen LogP contribution in [-0.2, 0) is 6.54 Å². The van der Waals surface area contributed by atoms with Crippen molar-refractivity contribution in [2.24, 2.45) is 0 Å². The Labute approximate surface area is 192 Å². The van der Waals surface area contributed by atoms with Crippen LogP contribution in [0.15, 0.2) is 54.7 Å². The van der Waals surface area contributed by atoms with Crippen molar-refractivity contribution in [2.45, 2.75) is 6.54 Å². The van der Waals surface area contributed by atoms with Gasteiger partial charge in [-0.05, 0) is 48.0 Å². The van der Waals surface area contributed by atoms with Gasteiger partial charge in [0.05, 0.1) is 12.7 Å². The molecule has 5 rings (SSSR count). The highest BCUT2D eigenvalue weighted by molar-refractivity contribution is 5.96. The zero-order valence-electron chi connectivity index (χ0n) is 18.4. The van der Waals surface area contributed by atoms with Gasteiger partial charge in [-0.1, -0.05) is 6.07 Å². The van der Waals surface area contributed by atoms with Crippen LogP contribution in [0, 0.1) is 11.3 Å². The van der Waals surface area contributed by atoms with Crippen molar-refractivity contribution >= 4 is 5.91 Å². The Bertz CT molecular complexity index is 1200. The van der Waals surface area contributed by atoms with Crippen molar-refractivity contribution in [3.63, 3.8) is 0 Å². The van der Waals surface area contributed by atoms with Crippen LogP contribution in [0.5, 0.6) is 17.2 Å². The summed E-state index contributed by atoms with van der Waals surface area (Å²) in [4.78, 5) is 17.6. The maximum Gasteiger partial charge on any atom is 0.272 e. The molecule has 8 heteroatoms. The summed E-state index contributed by atoms with van der Waals surface area (Å²) < 4.78 is 17.9. The van der Waals surface area contributed by atoms with Gasteiger partial charge < -0.3 is 23.7 Å². The standard InChI is InChI=1S/C25H24N4O4/c1-31-21-5-3-20(4-6-21)29-9-8-19(15-26)24(29)25(30)28-12-10-27(11-13-28)16-18-2-7-22-23(14-18)33-17-32-22/h2-9,14H,10-13,16-17H2,1H3. The van der Waals surface area contributed by atoms with Gasteiger partial charge in [0, 0.05) is 44.6 Å². The van der Waals surface area contributed by atoms with Gasteiger partial charge in [0.25, 0.3) is 5.91 Å². The van der Waals surface area contributed by atoms with E-state index in [1.165, 1.54) is 0 Å². The van der Waals surface area contributed by atoms with Gasteiger partial charge in [0.15, 0.2) is 11.5 Å². The zero-order chi connectivity index (χ0) is 22.8. The summed E-state index contributed by atoms with van der Waals surface area (Å²) >= 11 is 0. The lowest BCUT2D eigenvalue weighted by molar-refractivity contribution is 0.0620. The molecule has 1 aromatic heterocycles. The van der Waals surface area contributed by atoms with E-state index in [2.05, 4.69) is 11.0 Å². The van der Waals surface area contributed by atoms with Gasteiger partial charge in [-0.2, -0.15) is 5.26 Å². The van der Waals surface area contributed by atoms with Crippen molar-refractivity contribution in [2.75, 3.05) is 40.1 Å². The summed E-state index contributed by atoms with van der Waals surface area (Å²) in [6.07, 6.45) is 1.77. The van der Waals surface area contributed by atoms with Gasteiger partial charge >= 0.3 is 0 Å². The quantitative estimate of drug-likeness (QED) is 0.602. The largest absolute Gasteiger partial charge is 0.497 e. The summed E-state index contributed by atoms with van der Waals surface area (Å²) in [5.74, 6) is 2.17. The number of nitriles is 1. The molecule has 0 radical (unpaired) electrons. The maximum atomic E-state index is 13.4. The number of methoxy groups -OCH3 is 1. The summed E-state index contributed by atoms with van der Waals surface area (Å²) in [7, 11) is 1.61. The highest BCUT2D eigenvalue weighted by Crippen LogP contribution is 2.33. The van der Waals surface area contributed by atoms with Crippen LogP contribution in [0.1, 0.15) is 21.6 Å². The molecule has 1 saturated heterocycles. The van der Waals surface area contributed by atoms with Crippen molar-refractivity contribution in [3.05, 3.63) is 71.5 Å². The third-order valence-corrected chi connectivity index (χ3v) is 6.06. The molecule has 2 aliphatic rings. The minimum absolute atomic E-state index is 0.130. The van der Waals surface area contributed by atoms with Crippen LogP contribution in [-0.4, -0.2) is 60.4 Å². The highest BCUT2D eigenvalue weighted by atomic mass is 16.7. The monoisotopic (exact) mass is 444 g/mol. The van der Waals surface area contributed by atoms with Crippen LogP contribution >= 0.6 is 0 Å². The molecule has 1 fully saturated rings. The molecule has 0 bridgehead atoms. The van der Waals surface area contributed by atoms with E-state index in [4.69, 9.17) is 14.2 Å². The number of aromatic nitrogens is 1. The second kappa shape index (κ2) is 8.88. The molecule has 0 aliphatic carbocycles. The first-order valence-corrected chi connectivity index (χ1v) is 10.8. The predicted molar refractivity (Wildman–Crippen MR) is 121 cm³/mol. The second-order valence-electron chi connectivity index (χ2n) is 8.01. The zero-order valence-corrected chi connectivity index (χ0v) is 18.4. The van der Waals surface area contributed by atoms with E-state index in [1.807, 2.05) is 47.4 Å². The Morgan fingerprint density at radius 3 is 2.52 bits per heavy atom. The number of carbonyl (C=O) groups excluding carboxylic acids is 1. The number of benzene rings is 2. The lowest BCUT2D eigenvalue weighted by Gasteiger charge is -2.35. The summed E-state index contributed by atoms with van der Waals surface area (Å²) in [6.45, 7) is 3.76. The number of ether oxygens (including phenoxy) is 3. The molecule has 2 aromatic carbocycles. The van der Waals surface area contributed by atoms with E-state index in [-0.39, 0.29) is 12.7 Å². The van der Waals surface area contributed by atoms with Crippen LogP contribution in [0.25, 0.3) is 5.69 Å². The molecule has 0 saturated carbocycles. The Morgan fingerprint density at radius 1 is 1.03 bits per heavy atom. The van der Waals surface area contributed by atoms with E-state index >= 15 is 0 Å². The highest BCUT2D eigenvalue weighted by Gasteiger charge is 2.27. The molecular weight excluding hydrogens is 420 g/mol. The van der Waals surface area contributed by atoms with Crippen molar-refractivity contribution in [1.82, 2.24) is 14.4 Å². The van der Waals surface area contributed by atoms with Gasteiger partial charge in [-0.15, -0.1) is 0 Å². The number of nitrogens with zero attached hydrogens (tertiary/aromatic N) is 4. The number of hydrogen-bond acceptors (Lipinski definition) is 6. The fourth-order valence-corrected chi connectivity index (χ4v) is 4.26. The molecule has 2 aliphatic heterocycles. The summed E-state index contributed by atoms with van der Waals surface area (Å²) in [5.41, 5.74) is 2.73. The van der Waals surface area contributed by atoms with Crippen LogP contribution in [0.2, 0.25) is 0 Å². The molecule has 8 nitrogen and oxygen atoms in total. The van der Waals surface area contributed by atoms with Gasteiger partial charge in [-0.3, -0.25) is 9.69 Å². The van der Waals surface area contributed by atoms with E-state index in [1.54, 1.807) is 23.9 Å². The second-order valence-corrected chi connectivity index (χ2v) is 8.01. The van der Waals surface area contributed by atoms with Crippen LogP contribution < -0.4 is 14.2 Å². The number of piperazine rings is 1. The molecule has 0 atom stereocenters. The molecule has 0 unspecified atom stereocenters. The molecule has 0 spiro atoms. The number of fused-ring (bicyclic) bond motifs is 1. The lowest BCUT2D eigenvalue weighted by atomic mass is 10.1. The SMILES string of the molecule is COc1ccc(-n2ccc(C#N)c2C(=O)N2CCN(Cc3ccc4c(c3)OCO4)CC2)cc1. The maximum absolute atomic E-state index is 13.4. The summed E-state index contributed by atoms with van der Waals surface area (Å²) in [5, 5.41) is 9.60. The molecule has 3 aromatic rings. The van der Waals surface area contributed by atoms with Gasteiger partial charge in [0.1, 0.15) is 17.5 Å². The molecule has 0 N–H and O–H groups in total. The third-order valence-electron chi connectivity index (χ3n) is 6.06. The molecular formula is C25H24N4O4. The van der Waals surface area contributed by atoms with Crippen LogP contribution in [0.3, 0.4) is 0 Å². The average molecular weight is 444 g/mol. The number of hydrogen-bond donors (Lipinski definition) is 0. The van der Waals surface area contributed by atoms with Crippen molar-refractivity contribution in [3.8, 4) is 29.0 Å². The smallest absolute Gasteiger partial charge is 0.272 e. The first-order valence-electron chi connectivity index (χ1n) is 10.8. The van der Waals surface area contributed by atoms with Gasteiger partial charge in [-0.25, -0.2) is 0 Å². The lowest BCUT2D eigenvalue weighted by Crippen LogP contribution is -2.48. The van der Waals surface area contributed by atoms with Crippen LogP contribution in [0.4, 0.5) is 0 Å². The Hall–Kier alpha value is -3.96. The first kappa shape index (κ1) is 20.9. The molecule has 1 amide bonds. The number of amides is 1. The topological polar surface area (TPSA) is 80.0 Å². The fraction of sp³-hybridized carbons (Fsp3) is 0.280. The molecule has 33 heavy (non-hydrogen) atoms. The predicted octanol–water partition coefficient (Wildman–Crippen LogP) is 3.04. The third kappa shape index (κ3) is 4.11.